The molecule has 0 radical (unpaired) electrons. The highest BCUT2D eigenvalue weighted by Crippen LogP contribution is 2.43. The average molecular weight is 424 g/mol. The van der Waals surface area contributed by atoms with Crippen LogP contribution in [-0.4, -0.2) is 25.7 Å². The zero-order valence-corrected chi connectivity index (χ0v) is 18.5. The summed E-state index contributed by atoms with van der Waals surface area (Å²) in [6.45, 7) is 6.37. The number of carbonyl (C=O) groups is 1. The molecule has 1 atom stereocenters. The topological polar surface area (TPSA) is 63.9 Å². The molecule has 0 fully saturated rings. The molecule has 1 aliphatic heterocycles. The third kappa shape index (κ3) is 3.58. The van der Waals surface area contributed by atoms with Gasteiger partial charge in [-0.25, -0.2) is 9.97 Å². The Morgan fingerprint density at radius 1 is 0.906 bits per heavy atom. The van der Waals surface area contributed by atoms with Gasteiger partial charge in [0.25, 0.3) is 5.95 Å². The minimum atomic E-state index is -0.0506. The zero-order chi connectivity index (χ0) is 22.2. The second-order valence-electron chi connectivity index (χ2n) is 8.32. The van der Waals surface area contributed by atoms with Crippen LogP contribution in [0.5, 0.6) is 0 Å². The second kappa shape index (κ2) is 8.04. The van der Waals surface area contributed by atoms with Crippen molar-refractivity contribution in [3.05, 3.63) is 101 Å². The first kappa shape index (κ1) is 20.1. The molecule has 4 aromatic rings. The first-order chi connectivity index (χ1) is 15.5. The van der Waals surface area contributed by atoms with Crippen LogP contribution in [0, 0.1) is 20.8 Å². The van der Waals surface area contributed by atoms with Gasteiger partial charge in [0.15, 0.2) is 0 Å². The van der Waals surface area contributed by atoms with Gasteiger partial charge in [-0.2, -0.15) is 9.78 Å². The summed E-state index contributed by atoms with van der Waals surface area (Å²) in [5.41, 5.74) is 5.87. The van der Waals surface area contributed by atoms with Gasteiger partial charge in [0.1, 0.15) is 5.82 Å². The Balaban J connectivity index is 1.72. The largest absolute Gasteiger partial charge is 0.292 e. The molecule has 1 aliphatic rings. The first-order valence-corrected chi connectivity index (χ1v) is 10.8. The number of hydrogen-bond acceptors (Lipinski definition) is 4. The first-order valence-electron chi connectivity index (χ1n) is 10.8. The van der Waals surface area contributed by atoms with Crippen LogP contribution >= 0.6 is 0 Å². The third-order valence-corrected chi connectivity index (χ3v) is 5.91. The Labute approximate surface area is 187 Å². The number of anilines is 1. The summed E-state index contributed by atoms with van der Waals surface area (Å²) in [6, 6.07) is 22.2. The van der Waals surface area contributed by atoms with Gasteiger partial charge in [0.2, 0.25) is 5.91 Å². The van der Waals surface area contributed by atoms with Crippen molar-refractivity contribution in [2.75, 3.05) is 4.90 Å². The molecule has 2 aromatic carbocycles. The van der Waals surface area contributed by atoms with E-state index in [9.17, 15) is 4.79 Å². The highest BCUT2D eigenvalue weighted by molar-refractivity contribution is 5.97. The lowest BCUT2D eigenvalue weighted by Crippen LogP contribution is -2.38. The van der Waals surface area contributed by atoms with Crippen LogP contribution in [0.2, 0.25) is 0 Å². The average Bonchev–Trinajstić information content (AvgIpc) is 3.13. The summed E-state index contributed by atoms with van der Waals surface area (Å²) >= 11 is 0. The van der Waals surface area contributed by atoms with Crippen LogP contribution in [0.15, 0.2) is 66.7 Å². The molecule has 6 nitrogen and oxygen atoms in total. The molecule has 2 aromatic heterocycles. The van der Waals surface area contributed by atoms with E-state index in [1.807, 2.05) is 80.3 Å². The molecule has 0 saturated carbocycles. The SMILES string of the molecule is Cc1cc(C)nc(-n2nc(C)c3c2N(Cc2ccccc2)C(=O)CC3c2ccccc2)n1. The number of rotatable bonds is 4. The van der Waals surface area contributed by atoms with Gasteiger partial charge in [-0.3, -0.25) is 9.69 Å². The molecular weight excluding hydrogens is 398 g/mol. The van der Waals surface area contributed by atoms with E-state index in [0.717, 1.165) is 39.6 Å². The minimum Gasteiger partial charge on any atom is -0.292 e. The number of nitrogens with zero attached hydrogens (tertiary/aromatic N) is 5. The van der Waals surface area contributed by atoms with Gasteiger partial charge < -0.3 is 0 Å². The van der Waals surface area contributed by atoms with Crippen LogP contribution < -0.4 is 4.90 Å². The van der Waals surface area contributed by atoms with Gasteiger partial charge in [-0.1, -0.05) is 60.7 Å². The van der Waals surface area contributed by atoms with Gasteiger partial charge in [-0.05, 0) is 38.0 Å². The lowest BCUT2D eigenvalue weighted by molar-refractivity contribution is -0.119. The van der Waals surface area contributed by atoms with Gasteiger partial charge in [0, 0.05) is 29.3 Å². The Morgan fingerprint density at radius 2 is 1.53 bits per heavy atom. The maximum atomic E-state index is 13.5. The molecule has 3 heterocycles. The van der Waals surface area contributed by atoms with E-state index >= 15 is 0 Å². The Morgan fingerprint density at radius 3 is 2.19 bits per heavy atom. The molecule has 0 aliphatic carbocycles. The van der Waals surface area contributed by atoms with Crippen molar-refractivity contribution >= 4 is 11.7 Å². The monoisotopic (exact) mass is 423 g/mol. The summed E-state index contributed by atoms with van der Waals surface area (Å²) < 4.78 is 1.75. The molecule has 0 N–H and O–H groups in total. The maximum Gasteiger partial charge on any atom is 0.252 e. The number of aryl methyl sites for hydroxylation is 3. The van der Waals surface area contributed by atoms with Crippen LogP contribution in [0.25, 0.3) is 5.95 Å². The van der Waals surface area contributed by atoms with E-state index in [4.69, 9.17) is 5.10 Å². The van der Waals surface area contributed by atoms with Crippen molar-refractivity contribution in [1.29, 1.82) is 0 Å². The Kier molecular flexibility index (Phi) is 5.05. The predicted molar refractivity (Wildman–Crippen MR) is 124 cm³/mol. The third-order valence-electron chi connectivity index (χ3n) is 5.91. The summed E-state index contributed by atoms with van der Waals surface area (Å²) in [4.78, 5) is 24.6. The smallest absolute Gasteiger partial charge is 0.252 e. The van der Waals surface area contributed by atoms with Crippen molar-refractivity contribution < 1.29 is 4.79 Å². The quantitative estimate of drug-likeness (QED) is 0.479. The normalized spacial score (nSPS) is 15.7. The molecule has 32 heavy (non-hydrogen) atoms. The molecule has 6 heteroatoms. The molecule has 1 amide bonds. The standard InChI is InChI=1S/C26H25N5O/c1-17-14-18(2)28-26(27-17)31-25-24(19(3)29-31)22(21-12-8-5-9-13-21)15-23(32)30(25)16-20-10-6-4-7-11-20/h4-14,22H,15-16H2,1-3H3. The van der Waals surface area contributed by atoms with Crippen molar-refractivity contribution in [2.24, 2.45) is 0 Å². The van der Waals surface area contributed by atoms with Crippen molar-refractivity contribution in [3.8, 4) is 5.95 Å². The van der Waals surface area contributed by atoms with E-state index < -0.39 is 0 Å². The molecule has 0 spiro atoms. The van der Waals surface area contributed by atoms with Gasteiger partial charge in [0.05, 0.1) is 12.2 Å². The number of fused-ring (bicyclic) bond motifs is 1. The maximum absolute atomic E-state index is 13.5. The fraction of sp³-hybridized carbons (Fsp3) is 0.231. The predicted octanol–water partition coefficient (Wildman–Crippen LogP) is 4.66. The second-order valence-corrected chi connectivity index (χ2v) is 8.32. The van der Waals surface area contributed by atoms with Gasteiger partial charge >= 0.3 is 0 Å². The zero-order valence-electron chi connectivity index (χ0n) is 18.5. The Bertz CT molecular complexity index is 1260. The Hall–Kier alpha value is -3.80. The summed E-state index contributed by atoms with van der Waals surface area (Å²) in [6.07, 6.45) is 0.407. The lowest BCUT2D eigenvalue weighted by Gasteiger charge is -2.33. The van der Waals surface area contributed by atoms with E-state index in [2.05, 4.69) is 22.1 Å². The molecule has 0 bridgehead atoms. The molecule has 1 unspecified atom stereocenters. The molecule has 160 valence electrons. The number of hydrogen-bond donors (Lipinski definition) is 0. The minimum absolute atomic E-state index is 0.0506. The summed E-state index contributed by atoms with van der Waals surface area (Å²) in [5, 5.41) is 4.84. The van der Waals surface area contributed by atoms with E-state index in [1.165, 1.54) is 0 Å². The van der Waals surface area contributed by atoms with E-state index in [1.54, 1.807) is 4.68 Å². The van der Waals surface area contributed by atoms with E-state index in [-0.39, 0.29) is 11.8 Å². The fourth-order valence-corrected chi connectivity index (χ4v) is 4.54. The molecule has 5 rings (SSSR count). The fourth-order valence-electron chi connectivity index (χ4n) is 4.54. The summed E-state index contributed by atoms with van der Waals surface area (Å²) in [5.74, 6) is 1.28. The summed E-state index contributed by atoms with van der Waals surface area (Å²) in [7, 11) is 0. The van der Waals surface area contributed by atoms with E-state index in [0.29, 0.717) is 18.9 Å². The van der Waals surface area contributed by atoms with Crippen LogP contribution in [0.1, 0.15) is 46.1 Å². The van der Waals surface area contributed by atoms with Gasteiger partial charge in [-0.15, -0.1) is 0 Å². The van der Waals surface area contributed by atoms with Crippen LogP contribution in [0.4, 0.5) is 5.82 Å². The highest BCUT2D eigenvalue weighted by Gasteiger charge is 2.38. The lowest BCUT2D eigenvalue weighted by atomic mass is 9.85. The van der Waals surface area contributed by atoms with Crippen molar-refractivity contribution in [1.82, 2.24) is 19.7 Å². The van der Waals surface area contributed by atoms with Crippen molar-refractivity contribution in [2.45, 2.75) is 39.7 Å². The van der Waals surface area contributed by atoms with Crippen molar-refractivity contribution in [3.63, 3.8) is 0 Å². The number of benzene rings is 2. The molecule has 0 saturated heterocycles. The number of aromatic nitrogens is 4. The number of carbonyl (C=O) groups excluding carboxylic acids is 1. The molecular formula is C26H25N5O. The van der Waals surface area contributed by atoms with Crippen LogP contribution in [0.3, 0.4) is 0 Å². The van der Waals surface area contributed by atoms with Crippen LogP contribution in [-0.2, 0) is 11.3 Å². The number of amides is 1. The highest BCUT2D eigenvalue weighted by atomic mass is 16.2.